The second kappa shape index (κ2) is 8.86. The summed E-state index contributed by atoms with van der Waals surface area (Å²) in [5, 5.41) is 2.65. The van der Waals surface area contributed by atoms with Gasteiger partial charge in [-0.3, -0.25) is 9.69 Å². The van der Waals surface area contributed by atoms with Crippen molar-refractivity contribution in [2.45, 2.75) is 31.2 Å². The lowest BCUT2D eigenvalue weighted by Crippen LogP contribution is -2.53. The first kappa shape index (κ1) is 20.5. The third-order valence-corrected chi connectivity index (χ3v) is 6.95. The molecule has 28 heavy (non-hydrogen) atoms. The predicted molar refractivity (Wildman–Crippen MR) is 111 cm³/mol. The van der Waals surface area contributed by atoms with Crippen LogP contribution < -0.4 is 5.32 Å². The number of carbonyl (C=O) groups is 1. The third-order valence-electron chi connectivity index (χ3n) is 5.07. The second-order valence-electron chi connectivity index (χ2n) is 7.19. The van der Waals surface area contributed by atoms with Crippen LogP contribution in [-0.2, 0) is 21.2 Å². The number of rotatable bonds is 6. The molecule has 0 aromatic heterocycles. The Morgan fingerprint density at radius 2 is 1.75 bits per heavy atom. The van der Waals surface area contributed by atoms with E-state index in [4.69, 9.17) is 0 Å². The van der Waals surface area contributed by atoms with Gasteiger partial charge in [-0.1, -0.05) is 30.3 Å². The highest BCUT2D eigenvalue weighted by atomic mass is 32.2. The fourth-order valence-electron chi connectivity index (χ4n) is 3.49. The molecule has 1 unspecified atom stereocenters. The van der Waals surface area contributed by atoms with Crippen LogP contribution in [0.15, 0.2) is 59.5 Å². The van der Waals surface area contributed by atoms with Gasteiger partial charge >= 0.3 is 0 Å². The van der Waals surface area contributed by atoms with Crippen molar-refractivity contribution in [3.05, 3.63) is 60.2 Å². The highest BCUT2D eigenvalue weighted by Crippen LogP contribution is 2.22. The van der Waals surface area contributed by atoms with Crippen molar-refractivity contribution in [3.8, 4) is 0 Å². The zero-order valence-electron chi connectivity index (χ0n) is 16.3. The Labute approximate surface area is 167 Å². The molecule has 1 heterocycles. The van der Waals surface area contributed by atoms with E-state index in [1.165, 1.54) is 12.5 Å². The van der Waals surface area contributed by atoms with E-state index in [1.807, 2.05) is 18.2 Å². The maximum absolute atomic E-state index is 13.0. The number of piperazine rings is 1. The van der Waals surface area contributed by atoms with E-state index in [-0.39, 0.29) is 16.8 Å². The van der Waals surface area contributed by atoms with Crippen molar-refractivity contribution in [3.63, 3.8) is 0 Å². The first-order valence-corrected chi connectivity index (χ1v) is 11.0. The van der Waals surface area contributed by atoms with Gasteiger partial charge in [0.2, 0.25) is 15.9 Å². The van der Waals surface area contributed by atoms with Gasteiger partial charge in [-0.15, -0.1) is 0 Å². The van der Waals surface area contributed by atoms with Crippen molar-refractivity contribution in [1.82, 2.24) is 9.21 Å². The molecule has 2 aromatic rings. The van der Waals surface area contributed by atoms with Crippen LogP contribution in [-0.4, -0.2) is 55.8 Å². The number of anilines is 1. The topological polar surface area (TPSA) is 69.7 Å². The van der Waals surface area contributed by atoms with E-state index in [0.717, 1.165) is 19.5 Å². The van der Waals surface area contributed by atoms with Crippen molar-refractivity contribution < 1.29 is 13.2 Å². The number of nitrogens with zero attached hydrogens (tertiary/aromatic N) is 2. The lowest BCUT2D eigenvalue weighted by Gasteiger charge is -2.39. The minimum Gasteiger partial charge on any atom is -0.326 e. The predicted octanol–water partition coefficient (Wildman–Crippen LogP) is 2.58. The minimum absolute atomic E-state index is 0.158. The standard InChI is InChI=1S/C21H27N3O3S/c1-17-16-24(15-14-23(17)13-12-19-6-4-3-5-7-19)28(26,27)21-10-8-20(9-11-21)22-18(2)25/h3-11,17H,12-16H2,1-2H3,(H,22,25). The van der Waals surface area contributed by atoms with Gasteiger partial charge in [0.15, 0.2) is 0 Å². The zero-order chi connectivity index (χ0) is 20.1. The molecule has 2 aromatic carbocycles. The Balaban J connectivity index is 1.61. The summed E-state index contributed by atoms with van der Waals surface area (Å²) in [5.41, 5.74) is 1.88. The summed E-state index contributed by atoms with van der Waals surface area (Å²) in [7, 11) is -3.54. The van der Waals surface area contributed by atoms with Crippen molar-refractivity contribution in [2.75, 3.05) is 31.5 Å². The summed E-state index contributed by atoms with van der Waals surface area (Å²) in [6.07, 6.45) is 0.961. The fourth-order valence-corrected chi connectivity index (χ4v) is 5.00. The summed E-state index contributed by atoms with van der Waals surface area (Å²) in [6.45, 7) is 6.09. The monoisotopic (exact) mass is 401 g/mol. The van der Waals surface area contributed by atoms with Crippen LogP contribution in [0.3, 0.4) is 0 Å². The average Bonchev–Trinajstić information content (AvgIpc) is 2.68. The molecule has 7 heteroatoms. The molecule has 1 N–H and O–H groups in total. The van der Waals surface area contributed by atoms with Crippen LogP contribution in [0, 0.1) is 0 Å². The lowest BCUT2D eigenvalue weighted by atomic mass is 10.1. The molecule has 6 nitrogen and oxygen atoms in total. The molecule has 0 spiro atoms. The van der Waals surface area contributed by atoms with Crippen LogP contribution in [0.5, 0.6) is 0 Å². The number of hydrogen-bond donors (Lipinski definition) is 1. The summed E-state index contributed by atoms with van der Waals surface area (Å²) in [6, 6.07) is 16.8. The number of carbonyl (C=O) groups excluding carboxylic acids is 1. The Kier molecular flexibility index (Phi) is 6.49. The molecule has 1 aliphatic heterocycles. The molecule has 150 valence electrons. The second-order valence-corrected chi connectivity index (χ2v) is 9.13. The summed E-state index contributed by atoms with van der Waals surface area (Å²) in [4.78, 5) is 13.7. The fraction of sp³-hybridized carbons (Fsp3) is 0.381. The van der Waals surface area contributed by atoms with Gasteiger partial charge in [0.25, 0.3) is 0 Å². The smallest absolute Gasteiger partial charge is 0.243 e. The van der Waals surface area contributed by atoms with Crippen LogP contribution >= 0.6 is 0 Å². The molecule has 1 saturated heterocycles. The summed E-state index contributed by atoms with van der Waals surface area (Å²) >= 11 is 0. The molecule has 3 rings (SSSR count). The highest BCUT2D eigenvalue weighted by Gasteiger charge is 2.32. The van der Waals surface area contributed by atoms with E-state index in [0.29, 0.717) is 18.8 Å². The van der Waals surface area contributed by atoms with Crippen molar-refractivity contribution in [1.29, 1.82) is 0 Å². The molecule has 1 atom stereocenters. The van der Waals surface area contributed by atoms with Gasteiger partial charge < -0.3 is 5.32 Å². The number of hydrogen-bond acceptors (Lipinski definition) is 4. The summed E-state index contributed by atoms with van der Waals surface area (Å²) in [5.74, 6) is -0.184. The first-order valence-electron chi connectivity index (χ1n) is 9.52. The van der Waals surface area contributed by atoms with Crippen molar-refractivity contribution >= 4 is 21.6 Å². The lowest BCUT2D eigenvalue weighted by molar-refractivity contribution is -0.114. The molecule has 1 amide bonds. The van der Waals surface area contributed by atoms with Gasteiger partial charge in [0.05, 0.1) is 4.90 Å². The zero-order valence-corrected chi connectivity index (χ0v) is 17.2. The van der Waals surface area contributed by atoms with Crippen LogP contribution in [0.1, 0.15) is 19.4 Å². The Morgan fingerprint density at radius 3 is 2.36 bits per heavy atom. The van der Waals surface area contributed by atoms with Gasteiger partial charge in [-0.25, -0.2) is 8.42 Å². The van der Waals surface area contributed by atoms with E-state index in [2.05, 4.69) is 29.3 Å². The Morgan fingerprint density at radius 1 is 1.07 bits per heavy atom. The molecular formula is C21H27N3O3S. The molecule has 0 bridgehead atoms. The number of nitrogens with one attached hydrogen (secondary N) is 1. The number of sulfonamides is 1. The van der Waals surface area contributed by atoms with E-state index >= 15 is 0 Å². The van der Waals surface area contributed by atoms with E-state index < -0.39 is 10.0 Å². The summed E-state index contributed by atoms with van der Waals surface area (Å²) < 4.78 is 27.5. The average molecular weight is 402 g/mol. The van der Waals surface area contributed by atoms with E-state index in [9.17, 15) is 13.2 Å². The molecule has 0 aliphatic carbocycles. The van der Waals surface area contributed by atoms with E-state index in [1.54, 1.807) is 28.6 Å². The Bertz CT molecular complexity index is 898. The van der Waals surface area contributed by atoms with Gasteiger partial charge in [0.1, 0.15) is 0 Å². The van der Waals surface area contributed by atoms with Gasteiger partial charge in [-0.05, 0) is 43.2 Å². The SMILES string of the molecule is CC(=O)Nc1ccc(S(=O)(=O)N2CCN(CCc3ccccc3)C(C)C2)cc1. The van der Waals surface area contributed by atoms with Gasteiger partial charge in [-0.2, -0.15) is 4.31 Å². The molecule has 1 aliphatic rings. The molecule has 0 saturated carbocycles. The normalized spacial score (nSPS) is 18.7. The minimum atomic E-state index is -3.54. The first-order chi connectivity index (χ1) is 13.4. The molecule has 1 fully saturated rings. The number of benzene rings is 2. The highest BCUT2D eigenvalue weighted by molar-refractivity contribution is 7.89. The Hall–Kier alpha value is -2.22. The van der Waals surface area contributed by atoms with Crippen LogP contribution in [0.25, 0.3) is 0 Å². The third kappa shape index (κ3) is 4.98. The van der Waals surface area contributed by atoms with Crippen molar-refractivity contribution in [2.24, 2.45) is 0 Å². The maximum atomic E-state index is 13.0. The van der Waals surface area contributed by atoms with Crippen LogP contribution in [0.2, 0.25) is 0 Å². The quantitative estimate of drug-likeness (QED) is 0.808. The van der Waals surface area contributed by atoms with Crippen LogP contribution in [0.4, 0.5) is 5.69 Å². The van der Waals surface area contributed by atoms with Gasteiger partial charge in [0, 0.05) is 44.8 Å². The largest absolute Gasteiger partial charge is 0.326 e. The molecule has 0 radical (unpaired) electrons. The molecular weight excluding hydrogens is 374 g/mol. The number of amides is 1. The maximum Gasteiger partial charge on any atom is 0.243 e.